The maximum atomic E-state index is 12.2. The number of carbonyl (C=O) groups is 2. The molecule has 0 atom stereocenters. The van der Waals surface area contributed by atoms with Gasteiger partial charge in [0.15, 0.2) is 0 Å². The third-order valence-electron chi connectivity index (χ3n) is 3.24. The summed E-state index contributed by atoms with van der Waals surface area (Å²) in [5.41, 5.74) is 1.05. The van der Waals surface area contributed by atoms with E-state index in [0.717, 1.165) is 11.1 Å². The Hall–Kier alpha value is -2.10. The lowest BCUT2D eigenvalue weighted by Gasteiger charge is -2.22. The molecule has 0 unspecified atom stereocenters. The summed E-state index contributed by atoms with van der Waals surface area (Å²) in [5.74, 6) is -0.595. The number of rotatable bonds is 6. The fourth-order valence-electron chi connectivity index (χ4n) is 1.69. The summed E-state index contributed by atoms with van der Waals surface area (Å²) in [5, 5.41) is 5.46. The first-order chi connectivity index (χ1) is 9.39. The van der Waals surface area contributed by atoms with Crippen LogP contribution in [0, 0.1) is 12.3 Å². The van der Waals surface area contributed by atoms with E-state index in [0.29, 0.717) is 13.1 Å². The van der Waals surface area contributed by atoms with Crippen LogP contribution < -0.4 is 10.6 Å². The van der Waals surface area contributed by atoms with Crippen molar-refractivity contribution in [3.05, 3.63) is 48.0 Å². The minimum Gasteiger partial charge on any atom is -0.352 e. The molecule has 0 aliphatic heterocycles. The van der Waals surface area contributed by atoms with Crippen molar-refractivity contribution in [2.45, 2.75) is 27.3 Å². The zero-order chi connectivity index (χ0) is 15.2. The lowest BCUT2D eigenvalue weighted by Crippen LogP contribution is -2.47. The van der Waals surface area contributed by atoms with Crippen molar-refractivity contribution < 1.29 is 9.59 Å². The van der Waals surface area contributed by atoms with Gasteiger partial charge >= 0.3 is 0 Å². The Morgan fingerprint density at radius 1 is 1.20 bits per heavy atom. The Morgan fingerprint density at radius 3 is 2.40 bits per heavy atom. The second kappa shape index (κ2) is 6.89. The van der Waals surface area contributed by atoms with Gasteiger partial charge in [-0.25, -0.2) is 0 Å². The Kier molecular flexibility index (Phi) is 5.50. The molecule has 0 aromatic heterocycles. The average molecular weight is 274 g/mol. The lowest BCUT2D eigenvalue weighted by atomic mass is 9.91. The fraction of sp³-hybridized carbons (Fsp3) is 0.375. The van der Waals surface area contributed by atoms with Gasteiger partial charge in [-0.05, 0) is 31.9 Å². The van der Waals surface area contributed by atoms with Crippen LogP contribution in [0.15, 0.2) is 36.9 Å². The molecule has 2 amide bonds. The van der Waals surface area contributed by atoms with Gasteiger partial charge in [0.25, 0.3) is 0 Å². The zero-order valence-electron chi connectivity index (χ0n) is 12.3. The number of hydrogen-bond donors (Lipinski definition) is 2. The molecule has 0 heterocycles. The lowest BCUT2D eigenvalue weighted by molar-refractivity contribution is -0.141. The minimum atomic E-state index is -1.11. The molecule has 0 aliphatic carbocycles. The number of amides is 2. The van der Waals surface area contributed by atoms with Gasteiger partial charge < -0.3 is 10.6 Å². The molecular formula is C16H22N2O2. The van der Waals surface area contributed by atoms with Gasteiger partial charge in [0, 0.05) is 13.1 Å². The van der Waals surface area contributed by atoms with Gasteiger partial charge in [0.05, 0.1) is 0 Å². The van der Waals surface area contributed by atoms with Crippen molar-refractivity contribution in [2.24, 2.45) is 5.41 Å². The Morgan fingerprint density at radius 2 is 1.80 bits per heavy atom. The molecule has 4 nitrogen and oxygen atoms in total. The first-order valence-electron chi connectivity index (χ1n) is 6.61. The van der Waals surface area contributed by atoms with E-state index in [1.54, 1.807) is 19.9 Å². The van der Waals surface area contributed by atoms with Gasteiger partial charge in [-0.2, -0.15) is 0 Å². The number of nitrogens with one attached hydrogen (secondary N) is 2. The van der Waals surface area contributed by atoms with Crippen LogP contribution in [0.25, 0.3) is 0 Å². The Bertz CT molecular complexity index is 507. The molecular weight excluding hydrogens is 252 g/mol. The average Bonchev–Trinajstić information content (AvgIpc) is 2.43. The number of benzene rings is 1. The van der Waals surface area contributed by atoms with Crippen LogP contribution in [-0.2, 0) is 16.1 Å². The van der Waals surface area contributed by atoms with Crippen LogP contribution in [0.3, 0.4) is 0 Å². The summed E-state index contributed by atoms with van der Waals surface area (Å²) in [6.07, 6.45) is 1.58. The van der Waals surface area contributed by atoms with E-state index in [2.05, 4.69) is 17.2 Å². The second-order valence-corrected chi connectivity index (χ2v) is 5.23. The van der Waals surface area contributed by atoms with Crippen LogP contribution in [0.2, 0.25) is 0 Å². The predicted molar refractivity (Wildman–Crippen MR) is 80.0 cm³/mol. The van der Waals surface area contributed by atoms with Gasteiger partial charge in [-0.3, -0.25) is 9.59 Å². The molecule has 108 valence electrons. The minimum absolute atomic E-state index is 0.290. The maximum absolute atomic E-state index is 12.2. The zero-order valence-corrected chi connectivity index (χ0v) is 12.3. The molecule has 0 radical (unpaired) electrons. The molecule has 1 aromatic carbocycles. The van der Waals surface area contributed by atoms with E-state index in [1.165, 1.54) is 0 Å². The molecule has 2 N–H and O–H groups in total. The molecule has 0 saturated carbocycles. The summed E-state index contributed by atoms with van der Waals surface area (Å²) >= 11 is 0. The summed E-state index contributed by atoms with van der Waals surface area (Å²) in [6, 6.07) is 7.83. The van der Waals surface area contributed by atoms with E-state index in [4.69, 9.17) is 0 Å². The Balaban J connectivity index is 2.63. The van der Waals surface area contributed by atoms with Gasteiger partial charge in [-0.1, -0.05) is 30.3 Å². The molecule has 20 heavy (non-hydrogen) atoms. The number of carbonyl (C=O) groups excluding carboxylic acids is 2. The largest absolute Gasteiger partial charge is 0.352 e. The van der Waals surface area contributed by atoms with Gasteiger partial charge in [0.1, 0.15) is 5.41 Å². The van der Waals surface area contributed by atoms with Crippen LogP contribution >= 0.6 is 0 Å². The summed E-state index contributed by atoms with van der Waals surface area (Å²) < 4.78 is 0. The molecule has 0 saturated heterocycles. The van der Waals surface area contributed by atoms with E-state index in [9.17, 15) is 9.59 Å². The van der Waals surface area contributed by atoms with Crippen LogP contribution in [0.5, 0.6) is 0 Å². The normalized spacial score (nSPS) is 10.8. The number of hydrogen-bond acceptors (Lipinski definition) is 2. The molecule has 0 spiro atoms. The van der Waals surface area contributed by atoms with E-state index < -0.39 is 5.41 Å². The fourth-order valence-corrected chi connectivity index (χ4v) is 1.69. The topological polar surface area (TPSA) is 58.2 Å². The van der Waals surface area contributed by atoms with Crippen molar-refractivity contribution in [3.63, 3.8) is 0 Å². The van der Waals surface area contributed by atoms with Gasteiger partial charge in [0.2, 0.25) is 11.8 Å². The molecule has 1 aromatic rings. The van der Waals surface area contributed by atoms with Crippen LogP contribution in [0.1, 0.15) is 25.0 Å². The highest BCUT2D eigenvalue weighted by molar-refractivity contribution is 6.04. The SMILES string of the molecule is C=CCNC(=O)C(C)(C)C(=O)NCc1ccccc1C. The van der Waals surface area contributed by atoms with Crippen LogP contribution in [0.4, 0.5) is 0 Å². The maximum Gasteiger partial charge on any atom is 0.235 e. The van der Waals surface area contributed by atoms with Crippen molar-refractivity contribution in [1.82, 2.24) is 10.6 Å². The third-order valence-corrected chi connectivity index (χ3v) is 3.24. The quantitative estimate of drug-likeness (QED) is 0.615. The second-order valence-electron chi connectivity index (χ2n) is 5.23. The summed E-state index contributed by atoms with van der Waals surface area (Å²) in [6.45, 7) is 9.51. The first-order valence-corrected chi connectivity index (χ1v) is 6.61. The van der Waals surface area contributed by atoms with E-state index in [-0.39, 0.29) is 11.8 Å². The highest BCUT2D eigenvalue weighted by atomic mass is 16.2. The van der Waals surface area contributed by atoms with Crippen molar-refractivity contribution in [2.75, 3.05) is 6.54 Å². The highest BCUT2D eigenvalue weighted by Crippen LogP contribution is 2.16. The molecule has 4 heteroatoms. The van der Waals surface area contributed by atoms with E-state index >= 15 is 0 Å². The van der Waals surface area contributed by atoms with Crippen molar-refractivity contribution >= 4 is 11.8 Å². The summed E-state index contributed by atoms with van der Waals surface area (Å²) in [4.78, 5) is 24.1. The molecule has 0 aliphatic rings. The predicted octanol–water partition coefficient (Wildman–Crippen LogP) is 1.94. The third kappa shape index (κ3) is 3.95. The van der Waals surface area contributed by atoms with Crippen molar-refractivity contribution in [3.8, 4) is 0 Å². The highest BCUT2D eigenvalue weighted by Gasteiger charge is 2.35. The van der Waals surface area contributed by atoms with E-state index in [1.807, 2.05) is 31.2 Å². The Labute approximate surface area is 120 Å². The molecule has 0 bridgehead atoms. The number of aryl methyl sites for hydroxylation is 1. The molecule has 0 fully saturated rings. The monoisotopic (exact) mass is 274 g/mol. The molecule has 1 rings (SSSR count). The van der Waals surface area contributed by atoms with Crippen LogP contribution in [-0.4, -0.2) is 18.4 Å². The summed E-state index contributed by atoms with van der Waals surface area (Å²) in [7, 11) is 0. The van der Waals surface area contributed by atoms with Crippen molar-refractivity contribution in [1.29, 1.82) is 0 Å². The first kappa shape index (κ1) is 16.0. The standard InChI is InChI=1S/C16H22N2O2/c1-5-10-17-14(19)16(3,4)15(20)18-11-13-9-7-6-8-12(13)2/h5-9H,1,10-11H2,2-4H3,(H,17,19)(H,18,20). The van der Waals surface area contributed by atoms with Gasteiger partial charge in [-0.15, -0.1) is 6.58 Å². The smallest absolute Gasteiger partial charge is 0.235 e.